The van der Waals surface area contributed by atoms with E-state index in [1.807, 2.05) is 18.7 Å². The first-order valence-corrected chi connectivity index (χ1v) is 6.73. The fourth-order valence-corrected chi connectivity index (χ4v) is 4.21. The van der Waals surface area contributed by atoms with Gasteiger partial charge in [0, 0.05) is 24.8 Å². The van der Waals surface area contributed by atoms with Gasteiger partial charge in [0.25, 0.3) is 0 Å². The molecule has 0 spiro atoms. The summed E-state index contributed by atoms with van der Waals surface area (Å²) in [5.41, 5.74) is 2.52. The van der Waals surface area contributed by atoms with Gasteiger partial charge in [-0.1, -0.05) is 6.42 Å². The molecule has 17 heavy (non-hydrogen) atoms. The van der Waals surface area contributed by atoms with Crippen molar-refractivity contribution in [1.82, 2.24) is 9.78 Å². The van der Waals surface area contributed by atoms with E-state index < -0.39 is 0 Å². The van der Waals surface area contributed by atoms with Gasteiger partial charge in [0.2, 0.25) is 0 Å². The molecule has 94 valence electrons. The Balaban J connectivity index is 1.85. The third-order valence-electron chi connectivity index (χ3n) is 5.05. The van der Waals surface area contributed by atoms with Gasteiger partial charge < -0.3 is 5.11 Å². The van der Waals surface area contributed by atoms with Crippen LogP contribution in [0.3, 0.4) is 0 Å². The number of aliphatic hydroxyl groups excluding tert-OH is 1. The zero-order chi connectivity index (χ0) is 12.0. The van der Waals surface area contributed by atoms with Crippen LogP contribution in [0.15, 0.2) is 6.07 Å². The van der Waals surface area contributed by atoms with Gasteiger partial charge in [0.1, 0.15) is 0 Å². The Morgan fingerprint density at radius 1 is 1.53 bits per heavy atom. The summed E-state index contributed by atoms with van der Waals surface area (Å²) in [5.74, 6) is 1.62. The van der Waals surface area contributed by atoms with Gasteiger partial charge >= 0.3 is 0 Å². The summed E-state index contributed by atoms with van der Waals surface area (Å²) >= 11 is 0. The molecule has 3 unspecified atom stereocenters. The summed E-state index contributed by atoms with van der Waals surface area (Å²) in [4.78, 5) is 0. The molecule has 0 radical (unpaired) electrons. The van der Waals surface area contributed by atoms with Crippen LogP contribution in [0.25, 0.3) is 0 Å². The third kappa shape index (κ3) is 1.71. The molecule has 0 saturated heterocycles. The average Bonchev–Trinajstić information content (AvgIpc) is 2.95. The second-order valence-corrected chi connectivity index (χ2v) is 6.18. The fourth-order valence-electron chi connectivity index (χ4n) is 4.21. The quantitative estimate of drug-likeness (QED) is 0.869. The lowest BCUT2D eigenvalue weighted by Gasteiger charge is -2.36. The van der Waals surface area contributed by atoms with E-state index in [4.69, 9.17) is 0 Å². The maximum atomic E-state index is 9.87. The van der Waals surface area contributed by atoms with E-state index in [-0.39, 0.29) is 5.41 Å². The molecule has 2 aliphatic carbocycles. The van der Waals surface area contributed by atoms with Crippen LogP contribution in [0.4, 0.5) is 0 Å². The molecule has 1 N–H and O–H groups in total. The van der Waals surface area contributed by atoms with E-state index in [1.54, 1.807) is 0 Å². The van der Waals surface area contributed by atoms with Crippen LogP contribution in [0.1, 0.15) is 37.1 Å². The highest BCUT2D eigenvalue weighted by molar-refractivity contribution is 5.14. The highest BCUT2D eigenvalue weighted by Gasteiger charge is 2.50. The van der Waals surface area contributed by atoms with Crippen LogP contribution in [0.2, 0.25) is 0 Å². The van der Waals surface area contributed by atoms with Crippen LogP contribution in [-0.4, -0.2) is 21.5 Å². The van der Waals surface area contributed by atoms with Gasteiger partial charge in [0.05, 0.1) is 5.69 Å². The normalized spacial score (nSPS) is 35.7. The van der Waals surface area contributed by atoms with Gasteiger partial charge in [-0.2, -0.15) is 5.10 Å². The zero-order valence-corrected chi connectivity index (χ0v) is 10.8. The number of rotatable bonds is 3. The smallest absolute Gasteiger partial charge is 0.0596 e. The minimum atomic E-state index is 0.156. The van der Waals surface area contributed by atoms with E-state index in [1.165, 1.54) is 31.4 Å². The lowest BCUT2D eigenvalue weighted by molar-refractivity contribution is 0.0633. The van der Waals surface area contributed by atoms with Crippen molar-refractivity contribution in [3.05, 3.63) is 17.5 Å². The summed E-state index contributed by atoms with van der Waals surface area (Å²) in [5, 5.41) is 14.3. The fraction of sp³-hybridized carbons (Fsp3) is 0.786. The van der Waals surface area contributed by atoms with Gasteiger partial charge in [-0.25, -0.2) is 0 Å². The third-order valence-corrected chi connectivity index (χ3v) is 5.05. The molecule has 2 aliphatic rings. The molecule has 1 aromatic rings. The van der Waals surface area contributed by atoms with Crippen LogP contribution in [0, 0.1) is 24.2 Å². The Labute approximate surface area is 103 Å². The topological polar surface area (TPSA) is 38.0 Å². The summed E-state index contributed by atoms with van der Waals surface area (Å²) in [7, 11) is 2.01. The van der Waals surface area contributed by atoms with Gasteiger partial charge in [-0.3, -0.25) is 4.68 Å². The Kier molecular flexibility index (Phi) is 2.54. The molecule has 3 atom stereocenters. The molecular formula is C14H22N2O. The monoisotopic (exact) mass is 234 g/mol. The Bertz CT molecular complexity index is 426. The minimum absolute atomic E-state index is 0.156. The second-order valence-electron chi connectivity index (χ2n) is 6.18. The van der Waals surface area contributed by atoms with Crippen molar-refractivity contribution in [1.29, 1.82) is 0 Å². The predicted octanol–water partition coefficient (Wildman–Crippen LogP) is 2.07. The average molecular weight is 234 g/mol. The van der Waals surface area contributed by atoms with E-state index in [0.29, 0.717) is 6.61 Å². The van der Waals surface area contributed by atoms with E-state index in [9.17, 15) is 5.11 Å². The van der Waals surface area contributed by atoms with E-state index in [2.05, 4.69) is 11.2 Å². The van der Waals surface area contributed by atoms with E-state index >= 15 is 0 Å². The Morgan fingerprint density at radius 2 is 2.35 bits per heavy atom. The number of aryl methyl sites for hydroxylation is 2. The largest absolute Gasteiger partial charge is 0.396 e. The molecule has 3 nitrogen and oxygen atoms in total. The maximum Gasteiger partial charge on any atom is 0.0596 e. The number of aromatic nitrogens is 2. The summed E-state index contributed by atoms with van der Waals surface area (Å²) in [6.45, 7) is 2.38. The molecule has 2 bridgehead atoms. The molecule has 3 heteroatoms. The molecular weight excluding hydrogens is 212 g/mol. The van der Waals surface area contributed by atoms with Crippen molar-refractivity contribution in [3.8, 4) is 0 Å². The van der Waals surface area contributed by atoms with Gasteiger partial charge in [0.15, 0.2) is 0 Å². The second kappa shape index (κ2) is 3.84. The zero-order valence-electron chi connectivity index (χ0n) is 10.8. The molecule has 1 heterocycles. The van der Waals surface area contributed by atoms with Crippen molar-refractivity contribution in [2.75, 3.05) is 6.61 Å². The van der Waals surface area contributed by atoms with Gasteiger partial charge in [-0.05, 0) is 50.5 Å². The van der Waals surface area contributed by atoms with E-state index in [0.717, 1.165) is 24.0 Å². The van der Waals surface area contributed by atoms with Gasteiger partial charge in [-0.15, -0.1) is 0 Å². The van der Waals surface area contributed by atoms with Crippen molar-refractivity contribution >= 4 is 0 Å². The lowest BCUT2D eigenvalue weighted by Crippen LogP contribution is -2.34. The van der Waals surface area contributed by atoms with Crippen LogP contribution in [0.5, 0.6) is 0 Å². The highest BCUT2D eigenvalue weighted by Crippen LogP contribution is 2.57. The lowest BCUT2D eigenvalue weighted by atomic mass is 9.70. The van der Waals surface area contributed by atoms with Crippen LogP contribution >= 0.6 is 0 Å². The number of nitrogens with zero attached hydrogens (tertiary/aromatic N) is 2. The Morgan fingerprint density at radius 3 is 2.82 bits per heavy atom. The summed E-state index contributed by atoms with van der Waals surface area (Å²) in [6.07, 6.45) is 6.27. The predicted molar refractivity (Wildman–Crippen MR) is 66.6 cm³/mol. The molecule has 3 rings (SSSR count). The minimum Gasteiger partial charge on any atom is -0.396 e. The van der Waals surface area contributed by atoms with Crippen molar-refractivity contribution in [2.24, 2.45) is 24.3 Å². The SMILES string of the molecule is Cc1cc(CC2(CO)CC3CCC2C3)n(C)n1. The Hall–Kier alpha value is -0.830. The van der Waals surface area contributed by atoms with Crippen LogP contribution in [-0.2, 0) is 13.5 Å². The molecule has 2 fully saturated rings. The maximum absolute atomic E-state index is 9.87. The summed E-state index contributed by atoms with van der Waals surface area (Å²) in [6, 6.07) is 2.17. The standard InChI is InChI=1S/C14H22N2O/c1-10-5-13(16(2)15-10)8-14(9-17)7-11-3-4-12(14)6-11/h5,11-12,17H,3-4,6-9H2,1-2H3. The summed E-state index contributed by atoms with van der Waals surface area (Å²) < 4.78 is 1.98. The first-order chi connectivity index (χ1) is 8.13. The molecule has 1 aromatic heterocycles. The number of hydrogen-bond acceptors (Lipinski definition) is 2. The molecule has 2 saturated carbocycles. The number of hydrogen-bond donors (Lipinski definition) is 1. The van der Waals surface area contributed by atoms with Crippen LogP contribution < -0.4 is 0 Å². The van der Waals surface area contributed by atoms with Crippen molar-refractivity contribution < 1.29 is 5.11 Å². The first-order valence-electron chi connectivity index (χ1n) is 6.73. The molecule has 0 amide bonds. The van der Waals surface area contributed by atoms with Crippen molar-refractivity contribution in [3.63, 3.8) is 0 Å². The van der Waals surface area contributed by atoms with Crippen molar-refractivity contribution in [2.45, 2.75) is 39.0 Å². The highest BCUT2D eigenvalue weighted by atomic mass is 16.3. The number of fused-ring (bicyclic) bond motifs is 2. The molecule has 0 aromatic carbocycles. The number of aliphatic hydroxyl groups is 1. The molecule has 0 aliphatic heterocycles. The first kappa shape index (κ1) is 11.3.